The van der Waals surface area contributed by atoms with E-state index >= 15 is 0 Å². The van der Waals surface area contributed by atoms with E-state index in [0.717, 1.165) is 19.3 Å². The van der Waals surface area contributed by atoms with Crippen molar-refractivity contribution < 1.29 is 5.11 Å². The number of hydrogen-bond acceptors (Lipinski definition) is 1. The summed E-state index contributed by atoms with van der Waals surface area (Å²) in [6.07, 6.45) is 17.9. The van der Waals surface area contributed by atoms with Gasteiger partial charge in [0.05, 0.1) is 5.76 Å². The third-order valence-electron chi connectivity index (χ3n) is 3.75. The van der Waals surface area contributed by atoms with Crippen molar-refractivity contribution in [1.29, 1.82) is 0 Å². The zero-order valence-electron chi connectivity index (χ0n) is 9.26. The first-order valence-electron chi connectivity index (χ1n) is 5.96. The van der Waals surface area contributed by atoms with Gasteiger partial charge in [-0.15, -0.1) is 0 Å². The minimum absolute atomic E-state index is 0.476. The summed E-state index contributed by atoms with van der Waals surface area (Å²) in [6.45, 7) is 0. The van der Waals surface area contributed by atoms with E-state index in [1.54, 1.807) is 0 Å². The second-order valence-corrected chi connectivity index (χ2v) is 4.76. The molecule has 3 rings (SSSR count). The Bertz CT molecular complexity index is 446. The summed E-state index contributed by atoms with van der Waals surface area (Å²) >= 11 is 0. The Morgan fingerprint density at radius 3 is 2.56 bits per heavy atom. The molecule has 1 nitrogen and oxygen atoms in total. The first kappa shape index (κ1) is 9.71. The molecule has 0 aromatic carbocycles. The molecule has 0 spiro atoms. The largest absolute Gasteiger partial charge is 0.512 e. The number of fused-ring (bicyclic) bond motifs is 2. The van der Waals surface area contributed by atoms with Gasteiger partial charge in [0.15, 0.2) is 0 Å². The van der Waals surface area contributed by atoms with E-state index in [9.17, 15) is 5.11 Å². The second kappa shape index (κ2) is 3.82. The zero-order valence-corrected chi connectivity index (χ0v) is 9.26. The molecule has 0 aromatic heterocycles. The fourth-order valence-electron chi connectivity index (χ4n) is 2.83. The lowest BCUT2D eigenvalue weighted by Crippen LogP contribution is -2.12. The molecule has 1 N–H and O–H groups in total. The van der Waals surface area contributed by atoms with E-state index in [0.29, 0.717) is 17.6 Å². The lowest BCUT2D eigenvalue weighted by Gasteiger charge is -2.21. The topological polar surface area (TPSA) is 20.2 Å². The molecule has 0 amide bonds. The summed E-state index contributed by atoms with van der Waals surface area (Å²) < 4.78 is 0. The third-order valence-corrected chi connectivity index (χ3v) is 3.75. The van der Waals surface area contributed by atoms with E-state index in [2.05, 4.69) is 42.5 Å². The van der Waals surface area contributed by atoms with Gasteiger partial charge in [0.1, 0.15) is 0 Å². The van der Waals surface area contributed by atoms with Crippen LogP contribution in [0.5, 0.6) is 0 Å². The predicted molar refractivity (Wildman–Crippen MR) is 66.0 cm³/mol. The first-order chi connectivity index (χ1) is 7.84. The highest BCUT2D eigenvalue weighted by atomic mass is 16.3. The summed E-state index contributed by atoms with van der Waals surface area (Å²) in [6, 6.07) is 0. The summed E-state index contributed by atoms with van der Waals surface area (Å²) in [7, 11) is 0. The van der Waals surface area contributed by atoms with Gasteiger partial charge >= 0.3 is 0 Å². The van der Waals surface area contributed by atoms with Gasteiger partial charge < -0.3 is 5.11 Å². The van der Waals surface area contributed by atoms with Gasteiger partial charge in [-0.05, 0) is 35.8 Å². The van der Waals surface area contributed by atoms with Gasteiger partial charge in [0, 0.05) is 6.42 Å². The molecular weight excluding hydrogens is 196 g/mol. The van der Waals surface area contributed by atoms with Crippen LogP contribution >= 0.6 is 0 Å². The lowest BCUT2D eigenvalue weighted by molar-refractivity contribution is 0.346. The molecule has 0 heterocycles. The van der Waals surface area contributed by atoms with Crippen LogP contribution in [0, 0.1) is 11.8 Å². The van der Waals surface area contributed by atoms with Crippen molar-refractivity contribution in [3.63, 3.8) is 0 Å². The molecule has 0 saturated heterocycles. The molecule has 0 fully saturated rings. The van der Waals surface area contributed by atoms with Gasteiger partial charge in [-0.3, -0.25) is 0 Å². The van der Waals surface area contributed by atoms with Crippen molar-refractivity contribution in [2.45, 2.75) is 19.3 Å². The predicted octanol–water partition coefficient (Wildman–Crippen LogP) is 3.84. The van der Waals surface area contributed by atoms with Crippen LogP contribution in [0.25, 0.3) is 0 Å². The number of allylic oxidation sites excluding steroid dienone is 10. The summed E-state index contributed by atoms with van der Waals surface area (Å²) in [5, 5.41) is 10.2. The van der Waals surface area contributed by atoms with Crippen LogP contribution in [0.4, 0.5) is 0 Å². The van der Waals surface area contributed by atoms with Crippen LogP contribution in [-0.2, 0) is 0 Å². The van der Waals surface area contributed by atoms with Crippen LogP contribution in [0.3, 0.4) is 0 Å². The molecule has 0 bridgehead atoms. The van der Waals surface area contributed by atoms with E-state index in [1.807, 2.05) is 0 Å². The molecule has 0 aromatic rings. The highest BCUT2D eigenvalue weighted by Gasteiger charge is 2.27. The van der Waals surface area contributed by atoms with E-state index < -0.39 is 0 Å². The number of aliphatic hydroxyl groups is 1. The van der Waals surface area contributed by atoms with Gasteiger partial charge in [-0.1, -0.05) is 42.5 Å². The molecule has 2 unspecified atom stereocenters. The molecule has 16 heavy (non-hydrogen) atoms. The van der Waals surface area contributed by atoms with Crippen molar-refractivity contribution >= 4 is 0 Å². The van der Waals surface area contributed by atoms with Crippen molar-refractivity contribution in [2.24, 2.45) is 11.8 Å². The number of hydrogen-bond donors (Lipinski definition) is 1. The van der Waals surface area contributed by atoms with Crippen molar-refractivity contribution in [1.82, 2.24) is 0 Å². The van der Waals surface area contributed by atoms with E-state index in [4.69, 9.17) is 0 Å². The number of rotatable bonds is 0. The van der Waals surface area contributed by atoms with Crippen molar-refractivity contribution in [2.75, 3.05) is 0 Å². The molecular formula is C15H16O. The van der Waals surface area contributed by atoms with Gasteiger partial charge in [-0.25, -0.2) is 0 Å². The average Bonchev–Trinajstić information content (AvgIpc) is 2.45. The normalized spacial score (nSPS) is 31.9. The van der Waals surface area contributed by atoms with Crippen LogP contribution in [0.2, 0.25) is 0 Å². The van der Waals surface area contributed by atoms with Crippen LogP contribution < -0.4 is 0 Å². The first-order valence-corrected chi connectivity index (χ1v) is 5.96. The van der Waals surface area contributed by atoms with Crippen molar-refractivity contribution in [3.05, 3.63) is 59.4 Å². The Hall–Kier alpha value is -1.50. The Labute approximate surface area is 96.2 Å². The minimum atomic E-state index is 0.476. The Kier molecular flexibility index (Phi) is 2.32. The highest BCUT2D eigenvalue weighted by Crippen LogP contribution is 2.39. The quantitative estimate of drug-likeness (QED) is 0.647. The van der Waals surface area contributed by atoms with Crippen LogP contribution in [-0.4, -0.2) is 5.11 Å². The number of aliphatic hydroxyl groups excluding tert-OH is 1. The summed E-state index contributed by atoms with van der Waals surface area (Å²) in [5.74, 6) is 1.63. The molecule has 0 radical (unpaired) electrons. The Morgan fingerprint density at radius 2 is 1.75 bits per heavy atom. The third kappa shape index (κ3) is 1.57. The highest BCUT2D eigenvalue weighted by molar-refractivity contribution is 5.43. The molecule has 82 valence electrons. The summed E-state index contributed by atoms with van der Waals surface area (Å²) in [4.78, 5) is 0. The molecule has 1 heteroatoms. The van der Waals surface area contributed by atoms with E-state index in [1.165, 1.54) is 11.1 Å². The van der Waals surface area contributed by atoms with Gasteiger partial charge in [-0.2, -0.15) is 0 Å². The Morgan fingerprint density at radius 1 is 1.00 bits per heavy atom. The molecule has 3 aliphatic carbocycles. The fraction of sp³-hybridized carbons (Fsp3) is 0.333. The molecule has 2 atom stereocenters. The minimum Gasteiger partial charge on any atom is -0.512 e. The van der Waals surface area contributed by atoms with Crippen LogP contribution in [0.1, 0.15) is 19.3 Å². The summed E-state index contributed by atoms with van der Waals surface area (Å²) in [5.41, 5.74) is 2.49. The maximum atomic E-state index is 10.2. The molecule has 0 aliphatic heterocycles. The maximum Gasteiger partial charge on any atom is 0.0966 e. The Balaban J connectivity index is 1.99. The standard InChI is InChI=1S/C15H16O/c16-15-10-12-6-2-1-5-11(12)9-13-7-3-4-8-14(13)15/h1-7,11-12,16H,8-10H2. The molecule has 3 aliphatic rings. The van der Waals surface area contributed by atoms with E-state index in [-0.39, 0.29) is 0 Å². The monoisotopic (exact) mass is 212 g/mol. The van der Waals surface area contributed by atoms with Gasteiger partial charge in [0.25, 0.3) is 0 Å². The molecule has 0 saturated carbocycles. The SMILES string of the molecule is OC1=C2CC=CC=C2CC2C=CC=CC2C1. The van der Waals surface area contributed by atoms with Gasteiger partial charge in [0.2, 0.25) is 0 Å². The second-order valence-electron chi connectivity index (χ2n) is 4.76. The smallest absolute Gasteiger partial charge is 0.0966 e. The van der Waals surface area contributed by atoms with Crippen molar-refractivity contribution in [3.8, 4) is 0 Å². The zero-order chi connectivity index (χ0) is 11.0. The lowest BCUT2D eigenvalue weighted by atomic mass is 9.83. The maximum absolute atomic E-state index is 10.2. The average molecular weight is 212 g/mol. The van der Waals surface area contributed by atoms with Crippen LogP contribution in [0.15, 0.2) is 59.4 Å². The fourth-order valence-corrected chi connectivity index (χ4v) is 2.83.